The highest BCUT2D eigenvalue weighted by Crippen LogP contribution is 2.36. The zero-order valence-corrected chi connectivity index (χ0v) is 8.24. The van der Waals surface area contributed by atoms with Crippen LogP contribution in [-0.4, -0.2) is 6.54 Å². The first-order valence-electron chi connectivity index (χ1n) is 4.07. The molecule has 0 radical (unpaired) electrons. The van der Waals surface area contributed by atoms with E-state index in [4.69, 9.17) is 17.3 Å². The van der Waals surface area contributed by atoms with E-state index in [-0.39, 0.29) is 12.1 Å². The van der Waals surface area contributed by atoms with Crippen LogP contribution in [0, 0.1) is 0 Å². The van der Waals surface area contributed by atoms with E-state index in [1.54, 1.807) is 0 Å². The van der Waals surface area contributed by atoms with Crippen LogP contribution in [0.25, 0.3) is 0 Å². The molecule has 0 saturated carbocycles. The van der Waals surface area contributed by atoms with Crippen molar-refractivity contribution in [3.63, 3.8) is 0 Å². The summed E-state index contributed by atoms with van der Waals surface area (Å²) in [7, 11) is 0. The fraction of sp³-hybridized carbons (Fsp3) is 0.333. The third-order valence-corrected chi connectivity index (χ3v) is 2.19. The molecule has 1 aromatic carbocycles. The molecule has 0 aliphatic carbocycles. The van der Waals surface area contributed by atoms with Gasteiger partial charge in [-0.1, -0.05) is 17.7 Å². The monoisotopic (exact) mass is 241 g/mol. The van der Waals surface area contributed by atoms with Crippen molar-refractivity contribution < 1.29 is 17.6 Å². The molecule has 1 rings (SSSR count). The number of halogens is 5. The molecule has 6 heteroatoms. The van der Waals surface area contributed by atoms with Crippen LogP contribution in [0.5, 0.6) is 0 Å². The number of nitrogens with two attached hydrogens (primary N) is 1. The van der Waals surface area contributed by atoms with Crippen molar-refractivity contribution in [3.8, 4) is 0 Å². The summed E-state index contributed by atoms with van der Waals surface area (Å²) in [5.41, 5.74) is 3.85. The second-order valence-electron chi connectivity index (χ2n) is 2.94. The van der Waals surface area contributed by atoms with Gasteiger partial charge in [-0.25, -0.2) is 4.39 Å². The molecule has 15 heavy (non-hydrogen) atoms. The maximum Gasteiger partial charge on any atom is 0.417 e. The quantitative estimate of drug-likeness (QED) is 0.790. The highest BCUT2D eigenvalue weighted by Gasteiger charge is 2.33. The SMILES string of the molecule is NCC(F)c1ccc(Cl)c(C(F)(F)F)c1. The van der Waals surface area contributed by atoms with Gasteiger partial charge in [0, 0.05) is 6.54 Å². The minimum atomic E-state index is -4.58. The van der Waals surface area contributed by atoms with E-state index in [0.29, 0.717) is 6.07 Å². The van der Waals surface area contributed by atoms with Crippen molar-refractivity contribution in [3.05, 3.63) is 34.3 Å². The van der Waals surface area contributed by atoms with E-state index in [2.05, 4.69) is 0 Å². The molecule has 0 aromatic heterocycles. The summed E-state index contributed by atoms with van der Waals surface area (Å²) in [4.78, 5) is 0. The zero-order valence-electron chi connectivity index (χ0n) is 7.48. The number of alkyl halides is 4. The Labute approximate surface area is 88.8 Å². The summed E-state index contributed by atoms with van der Waals surface area (Å²) in [5, 5.41) is -0.449. The van der Waals surface area contributed by atoms with Gasteiger partial charge in [0.1, 0.15) is 6.17 Å². The molecule has 0 spiro atoms. The van der Waals surface area contributed by atoms with Gasteiger partial charge in [0.25, 0.3) is 0 Å². The first-order chi connectivity index (χ1) is 6.86. The second-order valence-corrected chi connectivity index (χ2v) is 3.35. The number of rotatable bonds is 2. The number of benzene rings is 1. The molecule has 0 fully saturated rings. The molecule has 0 saturated heterocycles. The van der Waals surface area contributed by atoms with E-state index in [9.17, 15) is 17.6 Å². The number of hydrogen-bond donors (Lipinski definition) is 1. The van der Waals surface area contributed by atoms with Gasteiger partial charge in [-0.15, -0.1) is 0 Å². The molecule has 0 amide bonds. The van der Waals surface area contributed by atoms with Gasteiger partial charge in [0.15, 0.2) is 0 Å². The first-order valence-corrected chi connectivity index (χ1v) is 4.45. The summed E-state index contributed by atoms with van der Waals surface area (Å²) in [6, 6.07) is 2.89. The predicted molar refractivity (Wildman–Crippen MR) is 49.4 cm³/mol. The van der Waals surface area contributed by atoms with E-state index < -0.39 is 22.9 Å². The minimum Gasteiger partial charge on any atom is -0.327 e. The molecule has 0 aliphatic heterocycles. The van der Waals surface area contributed by atoms with Crippen LogP contribution in [0.3, 0.4) is 0 Å². The molecule has 0 heterocycles. The molecule has 0 bridgehead atoms. The smallest absolute Gasteiger partial charge is 0.327 e. The summed E-state index contributed by atoms with van der Waals surface area (Å²) in [6.45, 7) is -0.362. The molecule has 1 unspecified atom stereocenters. The Morgan fingerprint density at radius 1 is 1.33 bits per heavy atom. The van der Waals surface area contributed by atoms with Gasteiger partial charge in [0.2, 0.25) is 0 Å². The maximum atomic E-state index is 13.0. The Balaban J connectivity index is 3.17. The summed E-state index contributed by atoms with van der Waals surface area (Å²) < 4.78 is 50.1. The standard InChI is InChI=1S/C9H8ClF4N/c10-7-2-1-5(8(11)4-15)3-6(7)9(12,13)14/h1-3,8H,4,15H2. The molecular weight excluding hydrogens is 234 g/mol. The van der Waals surface area contributed by atoms with Crippen LogP contribution in [0.4, 0.5) is 17.6 Å². The van der Waals surface area contributed by atoms with Crippen molar-refractivity contribution in [2.75, 3.05) is 6.54 Å². The van der Waals surface area contributed by atoms with Crippen LogP contribution < -0.4 is 5.73 Å². The van der Waals surface area contributed by atoms with Gasteiger partial charge in [-0.05, 0) is 17.7 Å². The van der Waals surface area contributed by atoms with Crippen LogP contribution >= 0.6 is 11.6 Å². The van der Waals surface area contributed by atoms with E-state index in [1.807, 2.05) is 0 Å². The highest BCUT2D eigenvalue weighted by molar-refractivity contribution is 6.31. The third kappa shape index (κ3) is 2.82. The van der Waals surface area contributed by atoms with E-state index in [1.165, 1.54) is 6.07 Å². The van der Waals surface area contributed by atoms with E-state index >= 15 is 0 Å². The fourth-order valence-corrected chi connectivity index (χ4v) is 1.32. The Morgan fingerprint density at radius 3 is 2.40 bits per heavy atom. The molecule has 1 nitrogen and oxygen atoms in total. The third-order valence-electron chi connectivity index (χ3n) is 1.86. The first kappa shape index (κ1) is 12.3. The van der Waals surface area contributed by atoms with Crippen LogP contribution in [0.15, 0.2) is 18.2 Å². The fourth-order valence-electron chi connectivity index (χ4n) is 1.09. The Bertz CT molecular complexity index is 350. The Kier molecular flexibility index (Phi) is 3.57. The second kappa shape index (κ2) is 4.37. The van der Waals surface area contributed by atoms with Crippen molar-refractivity contribution in [2.45, 2.75) is 12.3 Å². The van der Waals surface area contributed by atoms with Crippen LogP contribution in [0.1, 0.15) is 17.3 Å². The summed E-state index contributed by atoms with van der Waals surface area (Å²) in [6.07, 6.45) is -6.19. The van der Waals surface area contributed by atoms with Gasteiger partial charge in [0.05, 0.1) is 10.6 Å². The van der Waals surface area contributed by atoms with E-state index in [0.717, 1.165) is 6.07 Å². The largest absolute Gasteiger partial charge is 0.417 e. The number of hydrogen-bond acceptors (Lipinski definition) is 1. The molecule has 0 aliphatic rings. The molecule has 84 valence electrons. The Hall–Kier alpha value is -0.810. The van der Waals surface area contributed by atoms with Crippen molar-refractivity contribution in [2.24, 2.45) is 5.73 Å². The lowest BCUT2D eigenvalue weighted by Gasteiger charge is -2.12. The molecule has 2 N–H and O–H groups in total. The Morgan fingerprint density at radius 2 is 1.93 bits per heavy atom. The molecular formula is C9H8ClF4N. The van der Waals surface area contributed by atoms with Crippen LogP contribution in [-0.2, 0) is 6.18 Å². The normalized spacial score (nSPS) is 14.0. The zero-order chi connectivity index (χ0) is 11.6. The average molecular weight is 242 g/mol. The van der Waals surface area contributed by atoms with Gasteiger partial charge in [-0.2, -0.15) is 13.2 Å². The van der Waals surface area contributed by atoms with Crippen LogP contribution in [0.2, 0.25) is 5.02 Å². The summed E-state index contributed by atoms with van der Waals surface area (Å²) >= 11 is 5.36. The predicted octanol–water partition coefficient (Wildman–Crippen LogP) is 3.33. The summed E-state index contributed by atoms with van der Waals surface area (Å²) in [5.74, 6) is 0. The van der Waals surface area contributed by atoms with Crippen molar-refractivity contribution in [1.82, 2.24) is 0 Å². The van der Waals surface area contributed by atoms with Crippen molar-refractivity contribution in [1.29, 1.82) is 0 Å². The molecule has 1 atom stereocenters. The van der Waals surface area contributed by atoms with Crippen molar-refractivity contribution >= 4 is 11.6 Å². The van der Waals surface area contributed by atoms with Gasteiger partial charge >= 0.3 is 6.18 Å². The topological polar surface area (TPSA) is 26.0 Å². The molecule has 1 aromatic rings. The lowest BCUT2D eigenvalue weighted by atomic mass is 10.1. The maximum absolute atomic E-state index is 13.0. The average Bonchev–Trinajstić information content (AvgIpc) is 2.15. The minimum absolute atomic E-state index is 0.116. The highest BCUT2D eigenvalue weighted by atomic mass is 35.5. The van der Waals surface area contributed by atoms with Gasteiger partial charge < -0.3 is 5.73 Å². The van der Waals surface area contributed by atoms with Gasteiger partial charge in [-0.3, -0.25) is 0 Å². The lowest BCUT2D eigenvalue weighted by molar-refractivity contribution is -0.137. The lowest BCUT2D eigenvalue weighted by Crippen LogP contribution is -2.11.